The van der Waals surface area contributed by atoms with Crippen LogP contribution in [0.4, 0.5) is 0 Å². The Morgan fingerprint density at radius 1 is 0.652 bits per heavy atom. The van der Waals surface area contributed by atoms with Gasteiger partial charge in [0.1, 0.15) is 0 Å². The predicted molar refractivity (Wildman–Crippen MR) is 84.0 cm³/mol. The molecule has 0 spiro atoms. The number of furan rings is 3. The molecule has 0 bridgehead atoms. The second-order valence-corrected chi connectivity index (χ2v) is 5.00. The fourth-order valence-electron chi connectivity index (χ4n) is 2.35. The largest absolute Gasteiger partial charge is 0.461 e. The summed E-state index contributed by atoms with van der Waals surface area (Å²) in [5, 5.41) is 0. The lowest BCUT2D eigenvalue weighted by Gasteiger charge is -1.96. The third-order valence-corrected chi connectivity index (χ3v) is 3.48. The monoisotopic (exact) mass is 304 g/mol. The summed E-state index contributed by atoms with van der Waals surface area (Å²) in [5.74, 6) is 2.42. The fraction of sp³-hybridized carbons (Fsp3) is 0. The first-order chi connectivity index (χ1) is 11.3. The molecule has 23 heavy (non-hydrogen) atoms. The number of hydrogen-bond donors (Lipinski definition) is 0. The highest BCUT2D eigenvalue weighted by molar-refractivity contribution is 6.07. The Hall–Kier alpha value is -3.27. The zero-order valence-corrected chi connectivity index (χ0v) is 12.1. The molecular weight excluding hydrogens is 292 g/mol. The maximum Gasteiger partial charge on any atom is 0.228 e. The molecule has 0 aliphatic rings. The van der Waals surface area contributed by atoms with Crippen molar-refractivity contribution in [1.29, 1.82) is 0 Å². The maximum atomic E-state index is 12.3. The van der Waals surface area contributed by atoms with Crippen LogP contribution in [-0.4, -0.2) is 5.78 Å². The van der Waals surface area contributed by atoms with Crippen LogP contribution in [0.15, 0.2) is 86.2 Å². The van der Waals surface area contributed by atoms with Crippen LogP contribution in [0, 0.1) is 0 Å². The van der Waals surface area contributed by atoms with Gasteiger partial charge in [-0.05, 0) is 36.4 Å². The number of rotatable bonds is 4. The van der Waals surface area contributed by atoms with Gasteiger partial charge in [0.05, 0.1) is 6.26 Å². The normalized spacial score (nSPS) is 10.8. The molecule has 0 saturated carbocycles. The SMILES string of the molecule is O=C(c1ccccc1)c1ccc(-c2ccc(-c3ccco3)o2)o1. The Balaban J connectivity index is 1.62. The summed E-state index contributed by atoms with van der Waals surface area (Å²) in [4.78, 5) is 12.3. The van der Waals surface area contributed by atoms with Crippen molar-refractivity contribution < 1.29 is 18.0 Å². The molecule has 0 fully saturated rings. The second-order valence-electron chi connectivity index (χ2n) is 5.00. The van der Waals surface area contributed by atoms with Crippen LogP contribution < -0.4 is 0 Å². The van der Waals surface area contributed by atoms with Gasteiger partial charge in [-0.3, -0.25) is 4.79 Å². The summed E-state index contributed by atoms with van der Waals surface area (Å²) < 4.78 is 16.6. The van der Waals surface area contributed by atoms with Crippen LogP contribution in [-0.2, 0) is 0 Å². The van der Waals surface area contributed by atoms with E-state index >= 15 is 0 Å². The second kappa shape index (κ2) is 5.50. The van der Waals surface area contributed by atoms with Crippen molar-refractivity contribution in [1.82, 2.24) is 0 Å². The third-order valence-electron chi connectivity index (χ3n) is 3.48. The van der Waals surface area contributed by atoms with Crippen molar-refractivity contribution >= 4 is 5.78 Å². The number of carbonyl (C=O) groups excluding carboxylic acids is 1. The van der Waals surface area contributed by atoms with Crippen LogP contribution >= 0.6 is 0 Å². The van der Waals surface area contributed by atoms with Crippen LogP contribution in [0.3, 0.4) is 0 Å². The lowest BCUT2D eigenvalue weighted by Crippen LogP contribution is -1.98. The Bertz CT molecular complexity index is 927. The summed E-state index contributed by atoms with van der Waals surface area (Å²) in [6, 6.07) is 19.6. The predicted octanol–water partition coefficient (Wildman–Crippen LogP) is 5.03. The average Bonchev–Trinajstić information content (AvgIpc) is 3.34. The Labute approximate surface area is 132 Å². The summed E-state index contributed by atoms with van der Waals surface area (Å²) in [5.41, 5.74) is 0.587. The van der Waals surface area contributed by atoms with E-state index in [1.54, 1.807) is 48.7 Å². The van der Waals surface area contributed by atoms with Gasteiger partial charge in [0.25, 0.3) is 0 Å². The number of benzene rings is 1. The van der Waals surface area contributed by atoms with E-state index in [9.17, 15) is 4.79 Å². The molecule has 3 aromatic heterocycles. The number of hydrogen-bond acceptors (Lipinski definition) is 4. The average molecular weight is 304 g/mol. The van der Waals surface area contributed by atoms with E-state index in [4.69, 9.17) is 13.3 Å². The van der Waals surface area contributed by atoms with Crippen molar-refractivity contribution in [2.45, 2.75) is 0 Å². The minimum atomic E-state index is -0.158. The lowest BCUT2D eigenvalue weighted by atomic mass is 10.1. The summed E-state index contributed by atoms with van der Waals surface area (Å²) in [6.07, 6.45) is 1.58. The van der Waals surface area contributed by atoms with Crippen LogP contribution in [0.1, 0.15) is 16.1 Å². The first kappa shape index (κ1) is 13.4. The first-order valence-electron chi connectivity index (χ1n) is 7.15. The molecule has 4 rings (SSSR count). The standard InChI is InChI=1S/C19H12O4/c20-19(13-5-2-1-3-6-13)18-11-10-17(23-18)16-9-8-15(22-16)14-7-4-12-21-14/h1-12H. The summed E-state index contributed by atoms with van der Waals surface area (Å²) >= 11 is 0. The molecule has 4 nitrogen and oxygen atoms in total. The van der Waals surface area contributed by atoms with Crippen molar-refractivity contribution in [3.63, 3.8) is 0 Å². The Morgan fingerprint density at radius 3 is 2.09 bits per heavy atom. The van der Waals surface area contributed by atoms with Gasteiger partial charge < -0.3 is 13.3 Å². The van der Waals surface area contributed by atoms with Gasteiger partial charge in [0.2, 0.25) is 5.78 Å². The van der Waals surface area contributed by atoms with E-state index in [-0.39, 0.29) is 11.5 Å². The van der Waals surface area contributed by atoms with Crippen molar-refractivity contribution in [3.8, 4) is 23.0 Å². The maximum absolute atomic E-state index is 12.3. The number of ketones is 1. The molecule has 0 unspecified atom stereocenters. The van der Waals surface area contributed by atoms with E-state index in [1.165, 1.54) is 0 Å². The minimum absolute atomic E-state index is 0.158. The van der Waals surface area contributed by atoms with Gasteiger partial charge in [0.15, 0.2) is 28.8 Å². The smallest absolute Gasteiger partial charge is 0.228 e. The van der Waals surface area contributed by atoms with Crippen molar-refractivity contribution in [3.05, 3.63) is 84.3 Å². The highest BCUT2D eigenvalue weighted by Gasteiger charge is 2.16. The first-order valence-corrected chi connectivity index (χ1v) is 7.15. The van der Waals surface area contributed by atoms with Gasteiger partial charge in [-0.1, -0.05) is 30.3 Å². The zero-order chi connectivity index (χ0) is 15.6. The fourth-order valence-corrected chi connectivity index (χ4v) is 2.35. The highest BCUT2D eigenvalue weighted by atomic mass is 16.4. The van der Waals surface area contributed by atoms with Gasteiger partial charge in [0, 0.05) is 5.56 Å². The topological polar surface area (TPSA) is 56.5 Å². The van der Waals surface area contributed by atoms with E-state index in [1.807, 2.05) is 24.3 Å². The van der Waals surface area contributed by atoms with Crippen LogP contribution in [0.25, 0.3) is 23.0 Å². The molecule has 0 atom stereocenters. The summed E-state index contributed by atoms with van der Waals surface area (Å²) in [6.45, 7) is 0. The molecule has 4 aromatic rings. The molecular formula is C19H12O4. The molecule has 0 saturated heterocycles. The van der Waals surface area contributed by atoms with Crippen LogP contribution in [0.5, 0.6) is 0 Å². The quantitative estimate of drug-likeness (QED) is 0.496. The highest BCUT2D eigenvalue weighted by Crippen LogP contribution is 2.30. The van der Waals surface area contributed by atoms with E-state index in [0.29, 0.717) is 28.6 Å². The molecule has 0 N–H and O–H groups in total. The van der Waals surface area contributed by atoms with Crippen LogP contribution in [0.2, 0.25) is 0 Å². The molecule has 0 aliphatic heterocycles. The van der Waals surface area contributed by atoms with Crippen molar-refractivity contribution in [2.24, 2.45) is 0 Å². The van der Waals surface area contributed by atoms with E-state index in [0.717, 1.165) is 0 Å². The van der Waals surface area contributed by atoms with Gasteiger partial charge in [-0.2, -0.15) is 0 Å². The third kappa shape index (κ3) is 2.51. The molecule has 1 aromatic carbocycles. The molecule has 112 valence electrons. The molecule has 4 heteroatoms. The molecule has 3 heterocycles. The number of carbonyl (C=O) groups is 1. The van der Waals surface area contributed by atoms with E-state index in [2.05, 4.69) is 0 Å². The van der Waals surface area contributed by atoms with Gasteiger partial charge in [-0.15, -0.1) is 0 Å². The Kier molecular flexibility index (Phi) is 3.20. The van der Waals surface area contributed by atoms with Gasteiger partial charge in [-0.25, -0.2) is 0 Å². The zero-order valence-electron chi connectivity index (χ0n) is 12.1. The van der Waals surface area contributed by atoms with Crippen molar-refractivity contribution in [2.75, 3.05) is 0 Å². The minimum Gasteiger partial charge on any atom is -0.461 e. The van der Waals surface area contributed by atoms with Gasteiger partial charge >= 0.3 is 0 Å². The molecule has 0 aliphatic carbocycles. The van der Waals surface area contributed by atoms with E-state index < -0.39 is 0 Å². The molecule has 0 amide bonds. The summed E-state index contributed by atoms with van der Waals surface area (Å²) in [7, 11) is 0. The molecule has 0 radical (unpaired) electrons. The lowest BCUT2D eigenvalue weighted by molar-refractivity contribution is 0.101. The Morgan fingerprint density at radius 2 is 1.35 bits per heavy atom.